The van der Waals surface area contributed by atoms with Crippen molar-refractivity contribution in [3.63, 3.8) is 0 Å². The first-order chi connectivity index (χ1) is 9.52. The SMILES string of the molecule is O=S1(=O)CC[C@@H](Cc2nn(CN3CCCC3)c(=S)o2)C1. The minimum Gasteiger partial charge on any atom is -0.414 e. The van der Waals surface area contributed by atoms with Crippen molar-refractivity contribution < 1.29 is 12.8 Å². The van der Waals surface area contributed by atoms with Gasteiger partial charge in [-0.2, -0.15) is 0 Å². The second kappa shape index (κ2) is 5.57. The Morgan fingerprint density at radius 3 is 2.75 bits per heavy atom. The molecule has 0 N–H and O–H groups in total. The van der Waals surface area contributed by atoms with Crippen LogP contribution in [-0.4, -0.2) is 47.7 Å². The largest absolute Gasteiger partial charge is 0.414 e. The Bertz CT molecular complexity index is 629. The molecule has 0 saturated carbocycles. The highest BCUT2D eigenvalue weighted by molar-refractivity contribution is 7.91. The van der Waals surface area contributed by atoms with Crippen LogP contribution in [-0.2, 0) is 22.9 Å². The van der Waals surface area contributed by atoms with Crippen molar-refractivity contribution in [2.75, 3.05) is 24.6 Å². The maximum absolute atomic E-state index is 11.4. The second-order valence-electron chi connectivity index (χ2n) is 5.70. The molecule has 2 aliphatic heterocycles. The summed E-state index contributed by atoms with van der Waals surface area (Å²) < 4.78 is 30.1. The number of hydrogen-bond acceptors (Lipinski definition) is 6. The molecule has 0 unspecified atom stereocenters. The van der Waals surface area contributed by atoms with Gasteiger partial charge in [-0.25, -0.2) is 13.1 Å². The van der Waals surface area contributed by atoms with Crippen molar-refractivity contribution >= 4 is 22.1 Å². The molecule has 0 amide bonds. The minimum atomic E-state index is -2.85. The van der Waals surface area contributed by atoms with E-state index in [2.05, 4.69) is 10.00 Å². The summed E-state index contributed by atoms with van der Waals surface area (Å²) in [5, 5.41) is 4.39. The third kappa shape index (κ3) is 3.29. The molecule has 0 aliphatic carbocycles. The topological polar surface area (TPSA) is 68.3 Å². The summed E-state index contributed by atoms with van der Waals surface area (Å²) in [6, 6.07) is 0. The highest BCUT2D eigenvalue weighted by atomic mass is 32.2. The van der Waals surface area contributed by atoms with Crippen LogP contribution in [0.4, 0.5) is 0 Å². The Hall–Kier alpha value is -0.730. The maximum Gasteiger partial charge on any atom is 0.288 e. The zero-order valence-electron chi connectivity index (χ0n) is 11.3. The highest BCUT2D eigenvalue weighted by Crippen LogP contribution is 2.22. The lowest BCUT2D eigenvalue weighted by atomic mass is 10.1. The number of aromatic nitrogens is 2. The van der Waals surface area contributed by atoms with Gasteiger partial charge in [0.1, 0.15) is 0 Å². The molecule has 1 atom stereocenters. The molecule has 3 heterocycles. The van der Waals surface area contributed by atoms with Crippen LogP contribution in [0.3, 0.4) is 0 Å². The Balaban J connectivity index is 1.64. The molecule has 0 spiro atoms. The normalized spacial score (nSPS) is 26.3. The van der Waals surface area contributed by atoms with E-state index >= 15 is 0 Å². The molecule has 1 aromatic heterocycles. The predicted molar refractivity (Wildman–Crippen MR) is 76.6 cm³/mol. The fraction of sp³-hybridized carbons (Fsp3) is 0.833. The summed E-state index contributed by atoms with van der Waals surface area (Å²) in [6.07, 6.45) is 3.70. The average molecular weight is 317 g/mol. The molecule has 2 aliphatic rings. The molecular formula is C12H19N3O3S2. The molecule has 0 radical (unpaired) electrons. The van der Waals surface area contributed by atoms with Crippen LogP contribution in [0, 0.1) is 10.8 Å². The predicted octanol–water partition coefficient (Wildman–Crippen LogP) is 1.24. The molecule has 0 aromatic carbocycles. The van der Waals surface area contributed by atoms with Gasteiger partial charge in [0.05, 0.1) is 18.2 Å². The van der Waals surface area contributed by atoms with Crippen molar-refractivity contribution in [1.82, 2.24) is 14.7 Å². The molecule has 6 nitrogen and oxygen atoms in total. The minimum absolute atomic E-state index is 0.119. The Morgan fingerprint density at radius 2 is 2.10 bits per heavy atom. The van der Waals surface area contributed by atoms with Crippen LogP contribution in [0.1, 0.15) is 25.2 Å². The van der Waals surface area contributed by atoms with Gasteiger partial charge >= 0.3 is 0 Å². The van der Waals surface area contributed by atoms with Gasteiger partial charge in [0.15, 0.2) is 9.84 Å². The van der Waals surface area contributed by atoms with Gasteiger partial charge in [0.25, 0.3) is 4.84 Å². The van der Waals surface area contributed by atoms with Crippen LogP contribution in [0.15, 0.2) is 4.42 Å². The summed E-state index contributed by atoms with van der Waals surface area (Å²) in [5.41, 5.74) is 0. The summed E-state index contributed by atoms with van der Waals surface area (Å²) in [6.45, 7) is 2.82. The van der Waals surface area contributed by atoms with Crippen molar-refractivity contribution in [2.45, 2.75) is 32.4 Å². The number of hydrogen-bond donors (Lipinski definition) is 0. The quantitative estimate of drug-likeness (QED) is 0.778. The Kier molecular flexibility index (Phi) is 3.96. The van der Waals surface area contributed by atoms with Gasteiger partial charge in [-0.15, -0.1) is 5.10 Å². The molecule has 1 aromatic rings. The molecule has 8 heteroatoms. The van der Waals surface area contributed by atoms with Gasteiger partial charge < -0.3 is 4.42 Å². The Labute approximate surface area is 123 Å². The van der Waals surface area contributed by atoms with Crippen LogP contribution in [0.5, 0.6) is 0 Å². The molecule has 3 rings (SSSR count). The van der Waals surface area contributed by atoms with Crippen molar-refractivity contribution in [1.29, 1.82) is 0 Å². The van der Waals surface area contributed by atoms with Gasteiger partial charge in [0, 0.05) is 6.42 Å². The zero-order valence-corrected chi connectivity index (χ0v) is 13.0. The summed E-state index contributed by atoms with van der Waals surface area (Å²) >= 11 is 5.18. The number of rotatable bonds is 4. The standard InChI is InChI=1S/C12H19N3O3S2/c16-20(17)6-3-10(8-20)7-11-13-15(12(19)18-11)9-14-4-1-2-5-14/h10H,1-9H2/t10-/m0/s1. The maximum atomic E-state index is 11.4. The fourth-order valence-corrected chi connectivity index (χ4v) is 4.97. The van der Waals surface area contributed by atoms with Gasteiger partial charge in [-0.1, -0.05) is 0 Å². The van der Waals surface area contributed by atoms with E-state index in [1.54, 1.807) is 4.68 Å². The van der Waals surface area contributed by atoms with E-state index in [4.69, 9.17) is 16.6 Å². The monoisotopic (exact) mass is 317 g/mol. The third-order valence-electron chi connectivity index (χ3n) is 3.97. The summed E-state index contributed by atoms with van der Waals surface area (Å²) in [7, 11) is -2.85. The zero-order chi connectivity index (χ0) is 14.2. The third-order valence-corrected chi connectivity index (χ3v) is 6.10. The van der Waals surface area contributed by atoms with Gasteiger partial charge in [-0.05, 0) is 50.5 Å². The molecule has 20 heavy (non-hydrogen) atoms. The van der Waals surface area contributed by atoms with E-state index < -0.39 is 9.84 Å². The first-order valence-electron chi connectivity index (χ1n) is 7.01. The van der Waals surface area contributed by atoms with E-state index in [1.165, 1.54) is 12.8 Å². The van der Waals surface area contributed by atoms with E-state index in [9.17, 15) is 8.42 Å². The lowest BCUT2D eigenvalue weighted by Crippen LogP contribution is -2.23. The van der Waals surface area contributed by atoms with Crippen molar-refractivity contribution in [3.8, 4) is 0 Å². The molecule has 112 valence electrons. The van der Waals surface area contributed by atoms with Crippen LogP contribution >= 0.6 is 12.2 Å². The van der Waals surface area contributed by atoms with E-state index in [0.717, 1.165) is 13.1 Å². The van der Waals surface area contributed by atoms with Gasteiger partial charge in [-0.3, -0.25) is 4.90 Å². The summed E-state index contributed by atoms with van der Waals surface area (Å²) in [4.78, 5) is 2.68. The number of sulfone groups is 1. The van der Waals surface area contributed by atoms with Crippen LogP contribution in [0.25, 0.3) is 0 Å². The molecule has 0 bridgehead atoms. The lowest BCUT2D eigenvalue weighted by Gasteiger charge is -2.12. The van der Waals surface area contributed by atoms with E-state index in [-0.39, 0.29) is 17.4 Å². The highest BCUT2D eigenvalue weighted by Gasteiger charge is 2.29. The van der Waals surface area contributed by atoms with Crippen molar-refractivity contribution in [2.24, 2.45) is 5.92 Å². The summed E-state index contributed by atoms with van der Waals surface area (Å²) in [5.74, 6) is 1.21. The fourth-order valence-electron chi connectivity index (χ4n) is 2.91. The number of nitrogens with zero attached hydrogens (tertiary/aromatic N) is 3. The van der Waals surface area contributed by atoms with E-state index in [0.29, 0.717) is 30.2 Å². The number of likely N-dealkylation sites (tertiary alicyclic amines) is 1. The average Bonchev–Trinajstić information content (AvgIpc) is 3.04. The Morgan fingerprint density at radius 1 is 1.35 bits per heavy atom. The lowest BCUT2D eigenvalue weighted by molar-refractivity contribution is 0.249. The first kappa shape index (κ1) is 14.2. The molecule has 2 saturated heterocycles. The van der Waals surface area contributed by atoms with Crippen LogP contribution < -0.4 is 0 Å². The van der Waals surface area contributed by atoms with Crippen molar-refractivity contribution in [3.05, 3.63) is 10.7 Å². The second-order valence-corrected chi connectivity index (χ2v) is 8.28. The van der Waals surface area contributed by atoms with Gasteiger partial charge in [0.2, 0.25) is 5.89 Å². The molecular weight excluding hydrogens is 298 g/mol. The smallest absolute Gasteiger partial charge is 0.288 e. The first-order valence-corrected chi connectivity index (χ1v) is 9.24. The molecule has 2 fully saturated rings. The van der Waals surface area contributed by atoms with E-state index in [1.807, 2.05) is 0 Å². The van der Waals surface area contributed by atoms with Crippen LogP contribution in [0.2, 0.25) is 0 Å².